The second-order valence-corrected chi connectivity index (χ2v) is 2.96. The van der Waals surface area contributed by atoms with Gasteiger partial charge in [-0.05, 0) is 18.1 Å². The Morgan fingerprint density at radius 1 is 1.57 bits per heavy atom. The van der Waals surface area contributed by atoms with Crippen molar-refractivity contribution in [3.63, 3.8) is 0 Å². The van der Waals surface area contributed by atoms with E-state index in [2.05, 4.69) is 5.92 Å². The van der Waals surface area contributed by atoms with Crippen LogP contribution in [0.5, 0.6) is 5.75 Å². The van der Waals surface area contributed by atoms with Gasteiger partial charge in [0.05, 0.1) is 7.11 Å². The molecule has 0 saturated heterocycles. The Bertz CT molecular complexity index is 328. The fourth-order valence-corrected chi connectivity index (χ4v) is 1.47. The van der Waals surface area contributed by atoms with Crippen molar-refractivity contribution in [2.24, 2.45) is 0 Å². The number of benzene rings is 1. The van der Waals surface area contributed by atoms with E-state index in [0.717, 1.165) is 12.0 Å². The van der Waals surface area contributed by atoms with Gasteiger partial charge in [-0.2, -0.15) is 0 Å². The van der Waals surface area contributed by atoms with Gasteiger partial charge >= 0.3 is 0 Å². The molecular weight excluding hydrogens is 176 g/mol. The third-order valence-corrected chi connectivity index (χ3v) is 2.19. The normalized spacial score (nSPS) is 11.9. The summed E-state index contributed by atoms with van der Waals surface area (Å²) in [5.74, 6) is 2.95. The molecule has 1 rings (SSSR count). The van der Waals surface area contributed by atoms with Crippen LogP contribution < -0.4 is 4.74 Å². The summed E-state index contributed by atoms with van der Waals surface area (Å²) >= 11 is 0. The molecule has 74 valence electrons. The number of aliphatic hydroxyl groups is 1. The van der Waals surface area contributed by atoms with Gasteiger partial charge in [0.15, 0.2) is 0 Å². The van der Waals surface area contributed by atoms with Crippen LogP contribution in [0.25, 0.3) is 0 Å². The van der Waals surface area contributed by atoms with E-state index >= 15 is 0 Å². The Balaban J connectivity index is 3.27. The third kappa shape index (κ3) is 1.89. The average molecular weight is 190 g/mol. The highest BCUT2D eigenvalue weighted by Crippen LogP contribution is 2.28. The minimum Gasteiger partial charge on any atom is -0.496 e. The van der Waals surface area contributed by atoms with Crippen molar-refractivity contribution in [1.82, 2.24) is 0 Å². The van der Waals surface area contributed by atoms with E-state index in [9.17, 15) is 5.11 Å². The van der Waals surface area contributed by atoms with E-state index in [1.54, 1.807) is 13.2 Å². The molecule has 0 radical (unpaired) electrons. The fraction of sp³-hybridized carbons (Fsp3) is 0.333. The van der Waals surface area contributed by atoms with Crippen LogP contribution in [0.15, 0.2) is 18.2 Å². The average Bonchev–Trinajstić information content (AvgIpc) is 2.26. The number of rotatable bonds is 3. The molecule has 0 bridgehead atoms. The maximum Gasteiger partial charge on any atom is 0.143 e. The Morgan fingerprint density at radius 2 is 2.29 bits per heavy atom. The quantitative estimate of drug-likeness (QED) is 0.738. The predicted molar refractivity (Wildman–Crippen MR) is 56.2 cm³/mol. The number of hydrogen-bond donors (Lipinski definition) is 1. The molecule has 1 atom stereocenters. The van der Waals surface area contributed by atoms with Crippen LogP contribution >= 0.6 is 0 Å². The van der Waals surface area contributed by atoms with Gasteiger partial charge in [0.1, 0.15) is 11.9 Å². The Morgan fingerprint density at radius 3 is 2.79 bits per heavy atom. The molecular formula is C12H14O2. The monoisotopic (exact) mass is 190 g/mol. The van der Waals surface area contributed by atoms with Crippen molar-refractivity contribution in [3.8, 4) is 18.1 Å². The van der Waals surface area contributed by atoms with Crippen molar-refractivity contribution in [1.29, 1.82) is 0 Å². The van der Waals surface area contributed by atoms with Gasteiger partial charge < -0.3 is 9.84 Å². The van der Waals surface area contributed by atoms with Gasteiger partial charge in [-0.25, -0.2) is 0 Å². The molecule has 0 aromatic heterocycles. The number of aryl methyl sites for hydroxylation is 1. The van der Waals surface area contributed by atoms with Crippen molar-refractivity contribution in [2.45, 2.75) is 19.4 Å². The highest BCUT2D eigenvalue weighted by atomic mass is 16.5. The molecule has 2 heteroatoms. The summed E-state index contributed by atoms with van der Waals surface area (Å²) < 4.78 is 5.16. The van der Waals surface area contributed by atoms with E-state index in [1.165, 1.54) is 0 Å². The zero-order chi connectivity index (χ0) is 10.6. The van der Waals surface area contributed by atoms with Crippen molar-refractivity contribution >= 4 is 0 Å². The SMILES string of the molecule is C#C[C@H](O)c1c(CC)cccc1OC. The van der Waals surface area contributed by atoms with Crippen molar-refractivity contribution < 1.29 is 9.84 Å². The zero-order valence-electron chi connectivity index (χ0n) is 8.45. The Kier molecular flexibility index (Phi) is 3.55. The van der Waals surface area contributed by atoms with Gasteiger partial charge in [0, 0.05) is 5.56 Å². The van der Waals surface area contributed by atoms with Gasteiger partial charge in [-0.3, -0.25) is 0 Å². The number of terminal acetylenes is 1. The molecule has 0 aliphatic rings. The molecule has 0 unspecified atom stereocenters. The van der Waals surface area contributed by atoms with Crippen LogP contribution in [0.3, 0.4) is 0 Å². The molecule has 0 aliphatic carbocycles. The first-order valence-electron chi connectivity index (χ1n) is 4.54. The lowest BCUT2D eigenvalue weighted by atomic mass is 9.99. The standard InChI is InChI=1S/C12H14O2/c1-4-9-7-6-8-11(14-3)12(9)10(13)5-2/h2,6-8,10,13H,4H2,1,3H3/t10-/m0/s1. The van der Waals surface area contributed by atoms with Crippen LogP contribution in [0.4, 0.5) is 0 Å². The van der Waals surface area contributed by atoms with Crippen molar-refractivity contribution in [3.05, 3.63) is 29.3 Å². The summed E-state index contributed by atoms with van der Waals surface area (Å²) in [6.07, 6.45) is 5.13. The number of ether oxygens (including phenoxy) is 1. The van der Waals surface area contributed by atoms with E-state index in [4.69, 9.17) is 11.2 Å². The van der Waals surface area contributed by atoms with Crippen LogP contribution in [0.2, 0.25) is 0 Å². The summed E-state index contributed by atoms with van der Waals surface area (Å²) in [5.41, 5.74) is 1.73. The summed E-state index contributed by atoms with van der Waals surface area (Å²) in [5, 5.41) is 9.64. The fourth-order valence-electron chi connectivity index (χ4n) is 1.47. The highest BCUT2D eigenvalue weighted by Gasteiger charge is 2.14. The summed E-state index contributed by atoms with van der Waals surface area (Å²) in [7, 11) is 1.57. The van der Waals surface area contributed by atoms with Crippen molar-refractivity contribution in [2.75, 3.05) is 7.11 Å². The van der Waals surface area contributed by atoms with Gasteiger partial charge in [0.2, 0.25) is 0 Å². The molecule has 14 heavy (non-hydrogen) atoms. The Hall–Kier alpha value is -1.46. The minimum atomic E-state index is -0.888. The first-order valence-corrected chi connectivity index (χ1v) is 4.54. The molecule has 2 nitrogen and oxygen atoms in total. The van der Waals surface area contributed by atoms with Gasteiger partial charge in [-0.15, -0.1) is 6.42 Å². The predicted octanol–water partition coefficient (Wildman–Crippen LogP) is 1.92. The van der Waals surface area contributed by atoms with E-state index in [1.807, 2.05) is 19.1 Å². The molecule has 0 aliphatic heterocycles. The molecule has 0 heterocycles. The molecule has 0 saturated carbocycles. The van der Waals surface area contributed by atoms with Crippen LogP contribution in [0.1, 0.15) is 24.2 Å². The molecule has 0 amide bonds. The molecule has 1 aromatic carbocycles. The molecule has 0 fully saturated rings. The second-order valence-electron chi connectivity index (χ2n) is 2.96. The number of aliphatic hydroxyl groups excluding tert-OH is 1. The van der Waals surface area contributed by atoms with E-state index < -0.39 is 6.10 Å². The molecule has 1 aromatic rings. The Labute approximate surface area is 84.5 Å². The molecule has 1 N–H and O–H groups in total. The van der Waals surface area contributed by atoms with Crippen LogP contribution in [-0.2, 0) is 6.42 Å². The van der Waals surface area contributed by atoms with E-state index in [-0.39, 0.29) is 0 Å². The third-order valence-electron chi connectivity index (χ3n) is 2.19. The summed E-state index contributed by atoms with van der Waals surface area (Å²) in [6, 6.07) is 5.64. The smallest absolute Gasteiger partial charge is 0.143 e. The maximum absolute atomic E-state index is 9.64. The van der Waals surface area contributed by atoms with E-state index in [0.29, 0.717) is 11.3 Å². The lowest BCUT2D eigenvalue weighted by Gasteiger charge is -2.14. The number of hydrogen-bond acceptors (Lipinski definition) is 2. The van der Waals surface area contributed by atoms with Gasteiger partial charge in [0.25, 0.3) is 0 Å². The summed E-state index contributed by atoms with van der Waals surface area (Å²) in [4.78, 5) is 0. The minimum absolute atomic E-state index is 0.648. The van der Waals surface area contributed by atoms with Gasteiger partial charge in [-0.1, -0.05) is 25.0 Å². The van der Waals surface area contributed by atoms with Crippen LogP contribution in [-0.4, -0.2) is 12.2 Å². The maximum atomic E-state index is 9.64. The lowest BCUT2D eigenvalue weighted by molar-refractivity contribution is 0.231. The first kappa shape index (κ1) is 10.6. The lowest BCUT2D eigenvalue weighted by Crippen LogP contribution is -2.02. The zero-order valence-corrected chi connectivity index (χ0v) is 8.45. The first-order chi connectivity index (χ1) is 6.74. The topological polar surface area (TPSA) is 29.5 Å². The largest absolute Gasteiger partial charge is 0.496 e. The van der Waals surface area contributed by atoms with Crippen LogP contribution in [0, 0.1) is 12.3 Å². The number of methoxy groups -OCH3 is 1. The molecule has 0 spiro atoms. The second kappa shape index (κ2) is 4.69. The summed E-state index contributed by atoms with van der Waals surface area (Å²) in [6.45, 7) is 2.02. The highest BCUT2D eigenvalue weighted by molar-refractivity contribution is 5.44.